The van der Waals surface area contributed by atoms with E-state index in [1.807, 2.05) is 38.1 Å². The van der Waals surface area contributed by atoms with Crippen molar-refractivity contribution in [2.24, 2.45) is 0 Å². The Hall–Kier alpha value is -2.62. The van der Waals surface area contributed by atoms with Crippen LogP contribution in [-0.2, 0) is 9.47 Å². The van der Waals surface area contributed by atoms with Gasteiger partial charge in [0.25, 0.3) is 0 Å². The van der Waals surface area contributed by atoms with E-state index < -0.39 is 17.5 Å². The molecule has 4 nitrogen and oxygen atoms in total. The molecule has 0 spiro atoms. The van der Waals surface area contributed by atoms with E-state index >= 15 is 0 Å². The summed E-state index contributed by atoms with van der Waals surface area (Å²) >= 11 is 0. The van der Waals surface area contributed by atoms with Gasteiger partial charge in [0, 0.05) is 0 Å². The highest BCUT2D eigenvalue weighted by atomic mass is 16.6. The van der Waals surface area contributed by atoms with E-state index in [0.29, 0.717) is 11.1 Å². The van der Waals surface area contributed by atoms with Gasteiger partial charge in [-0.1, -0.05) is 35.4 Å². The topological polar surface area (TPSA) is 52.6 Å². The maximum Gasteiger partial charge on any atom is 0.338 e. The summed E-state index contributed by atoms with van der Waals surface area (Å²) in [5.41, 5.74) is 2.17. The van der Waals surface area contributed by atoms with Gasteiger partial charge in [-0.05, 0) is 52.0 Å². The second-order valence-electron chi connectivity index (χ2n) is 6.46. The molecule has 0 aliphatic heterocycles. The first-order valence-electron chi connectivity index (χ1n) is 7.81. The van der Waals surface area contributed by atoms with Gasteiger partial charge in [-0.2, -0.15) is 0 Å². The third kappa shape index (κ3) is 4.95. The average Bonchev–Trinajstić information content (AvgIpc) is 2.53. The number of carbonyl (C=O) groups excluding carboxylic acids is 2. The minimum atomic E-state index is -0.914. The van der Waals surface area contributed by atoms with E-state index in [1.54, 1.807) is 38.1 Å². The van der Waals surface area contributed by atoms with Gasteiger partial charge in [0.05, 0.1) is 11.1 Å². The molecule has 0 aliphatic carbocycles. The Morgan fingerprint density at radius 2 is 1.21 bits per heavy atom. The summed E-state index contributed by atoms with van der Waals surface area (Å²) in [5.74, 6) is -0.874. The van der Waals surface area contributed by atoms with Gasteiger partial charge in [-0.3, -0.25) is 0 Å². The molecule has 0 radical (unpaired) electrons. The van der Waals surface area contributed by atoms with Crippen LogP contribution in [0.25, 0.3) is 0 Å². The van der Waals surface area contributed by atoms with E-state index in [-0.39, 0.29) is 6.61 Å². The van der Waals surface area contributed by atoms with Crippen LogP contribution in [0.1, 0.15) is 45.7 Å². The lowest BCUT2D eigenvalue weighted by Crippen LogP contribution is -2.34. The summed E-state index contributed by atoms with van der Waals surface area (Å²) in [4.78, 5) is 24.2. The van der Waals surface area contributed by atoms with Gasteiger partial charge >= 0.3 is 11.9 Å². The number of esters is 2. The molecule has 0 bridgehead atoms. The SMILES string of the molecule is Cc1ccc(C(=O)OCC(C)(C)OC(=O)c2ccc(C)cc2)cc1. The van der Waals surface area contributed by atoms with Crippen LogP contribution in [0.15, 0.2) is 48.5 Å². The van der Waals surface area contributed by atoms with Crippen molar-refractivity contribution in [1.82, 2.24) is 0 Å². The Balaban J connectivity index is 1.93. The van der Waals surface area contributed by atoms with Crippen molar-refractivity contribution in [2.75, 3.05) is 6.61 Å². The van der Waals surface area contributed by atoms with Gasteiger partial charge in [-0.25, -0.2) is 9.59 Å². The molecule has 0 amide bonds. The van der Waals surface area contributed by atoms with Crippen molar-refractivity contribution in [3.05, 3.63) is 70.8 Å². The molecular weight excluding hydrogens is 304 g/mol. The van der Waals surface area contributed by atoms with E-state index in [9.17, 15) is 9.59 Å². The lowest BCUT2D eigenvalue weighted by atomic mass is 10.1. The van der Waals surface area contributed by atoms with Crippen molar-refractivity contribution in [3.63, 3.8) is 0 Å². The average molecular weight is 326 g/mol. The van der Waals surface area contributed by atoms with E-state index in [2.05, 4.69) is 0 Å². The Bertz CT molecular complexity index is 712. The van der Waals surface area contributed by atoms with Crippen LogP contribution in [0.3, 0.4) is 0 Å². The van der Waals surface area contributed by atoms with E-state index in [0.717, 1.165) is 11.1 Å². The highest BCUT2D eigenvalue weighted by molar-refractivity contribution is 5.90. The largest absolute Gasteiger partial charge is 0.458 e. The zero-order valence-corrected chi connectivity index (χ0v) is 14.5. The van der Waals surface area contributed by atoms with E-state index in [1.165, 1.54) is 0 Å². The van der Waals surface area contributed by atoms with Crippen LogP contribution in [0, 0.1) is 13.8 Å². The molecule has 0 saturated carbocycles. The molecule has 0 fully saturated rings. The van der Waals surface area contributed by atoms with Crippen LogP contribution in [0.4, 0.5) is 0 Å². The lowest BCUT2D eigenvalue weighted by molar-refractivity contribution is -0.0370. The molecule has 0 aliphatic rings. The number of hydrogen-bond donors (Lipinski definition) is 0. The van der Waals surface area contributed by atoms with Crippen molar-refractivity contribution in [2.45, 2.75) is 33.3 Å². The predicted molar refractivity (Wildman–Crippen MR) is 92.1 cm³/mol. The van der Waals surface area contributed by atoms with Crippen LogP contribution in [0.5, 0.6) is 0 Å². The van der Waals surface area contributed by atoms with Gasteiger partial charge < -0.3 is 9.47 Å². The van der Waals surface area contributed by atoms with Gasteiger partial charge in [-0.15, -0.1) is 0 Å². The highest BCUT2D eigenvalue weighted by Crippen LogP contribution is 2.15. The first kappa shape index (κ1) is 17.7. The fraction of sp³-hybridized carbons (Fsp3) is 0.300. The van der Waals surface area contributed by atoms with Gasteiger partial charge in [0.15, 0.2) is 0 Å². The summed E-state index contributed by atoms with van der Waals surface area (Å²) in [5, 5.41) is 0. The number of aryl methyl sites for hydroxylation is 2. The predicted octanol–water partition coefficient (Wildman–Crippen LogP) is 4.10. The summed E-state index contributed by atoms with van der Waals surface area (Å²) in [7, 11) is 0. The Morgan fingerprint density at radius 3 is 1.67 bits per heavy atom. The summed E-state index contributed by atoms with van der Waals surface area (Å²) in [6, 6.07) is 14.2. The quantitative estimate of drug-likeness (QED) is 0.776. The number of ether oxygens (including phenoxy) is 2. The molecule has 126 valence electrons. The molecule has 4 heteroatoms. The molecule has 0 aromatic heterocycles. The Kier molecular flexibility index (Phi) is 5.39. The third-order valence-corrected chi connectivity index (χ3v) is 3.49. The van der Waals surface area contributed by atoms with Crippen LogP contribution >= 0.6 is 0 Å². The maximum atomic E-state index is 12.2. The highest BCUT2D eigenvalue weighted by Gasteiger charge is 2.26. The summed E-state index contributed by atoms with van der Waals surface area (Å²) in [6.07, 6.45) is 0. The molecule has 24 heavy (non-hydrogen) atoms. The minimum Gasteiger partial charge on any atom is -0.458 e. The van der Waals surface area contributed by atoms with Crippen molar-refractivity contribution in [3.8, 4) is 0 Å². The molecule has 2 rings (SSSR count). The van der Waals surface area contributed by atoms with Crippen molar-refractivity contribution < 1.29 is 19.1 Å². The van der Waals surface area contributed by atoms with Gasteiger partial charge in [0.1, 0.15) is 12.2 Å². The fourth-order valence-corrected chi connectivity index (χ4v) is 2.04. The molecule has 2 aromatic rings. The van der Waals surface area contributed by atoms with Crippen LogP contribution in [-0.4, -0.2) is 24.1 Å². The first-order chi connectivity index (χ1) is 11.3. The van der Waals surface area contributed by atoms with Crippen LogP contribution in [0.2, 0.25) is 0 Å². The normalized spacial score (nSPS) is 11.0. The number of benzene rings is 2. The first-order valence-corrected chi connectivity index (χ1v) is 7.81. The van der Waals surface area contributed by atoms with E-state index in [4.69, 9.17) is 9.47 Å². The third-order valence-electron chi connectivity index (χ3n) is 3.49. The zero-order valence-electron chi connectivity index (χ0n) is 14.5. The van der Waals surface area contributed by atoms with Crippen molar-refractivity contribution in [1.29, 1.82) is 0 Å². The van der Waals surface area contributed by atoms with Gasteiger partial charge in [0.2, 0.25) is 0 Å². The molecule has 0 saturated heterocycles. The Labute approximate surface area is 142 Å². The number of rotatable bonds is 5. The molecule has 0 atom stereocenters. The molecule has 2 aromatic carbocycles. The molecule has 0 N–H and O–H groups in total. The molecule has 0 heterocycles. The number of carbonyl (C=O) groups is 2. The molecule has 0 unspecified atom stereocenters. The Morgan fingerprint density at radius 1 is 0.792 bits per heavy atom. The molecular formula is C20H22O4. The standard InChI is InChI=1S/C20H22O4/c1-14-5-9-16(10-6-14)18(21)23-13-20(3,4)24-19(22)17-11-7-15(2)8-12-17/h5-12H,13H2,1-4H3. The second-order valence-corrected chi connectivity index (χ2v) is 6.46. The summed E-state index contributed by atoms with van der Waals surface area (Å²) in [6.45, 7) is 7.30. The summed E-state index contributed by atoms with van der Waals surface area (Å²) < 4.78 is 10.7. The van der Waals surface area contributed by atoms with Crippen LogP contribution < -0.4 is 0 Å². The van der Waals surface area contributed by atoms with Crippen molar-refractivity contribution >= 4 is 11.9 Å². The monoisotopic (exact) mass is 326 g/mol. The number of hydrogen-bond acceptors (Lipinski definition) is 4. The smallest absolute Gasteiger partial charge is 0.338 e. The second kappa shape index (κ2) is 7.30. The maximum absolute atomic E-state index is 12.2. The lowest BCUT2D eigenvalue weighted by Gasteiger charge is -2.24. The fourth-order valence-electron chi connectivity index (χ4n) is 2.04. The minimum absolute atomic E-state index is 0.0166. The zero-order chi connectivity index (χ0) is 17.7.